The van der Waals surface area contributed by atoms with E-state index in [0.29, 0.717) is 24.0 Å². The van der Waals surface area contributed by atoms with Crippen LogP contribution in [0.3, 0.4) is 0 Å². The van der Waals surface area contributed by atoms with Crippen molar-refractivity contribution in [3.05, 3.63) is 33.9 Å². The minimum absolute atomic E-state index is 0.133. The molecule has 1 rings (SSSR count). The first-order valence-corrected chi connectivity index (χ1v) is 6.25. The number of ether oxygens (including phenoxy) is 1. The minimum atomic E-state index is -0.379. The third-order valence-corrected chi connectivity index (χ3v) is 2.96. The van der Waals surface area contributed by atoms with E-state index in [2.05, 4.69) is 19.2 Å². The summed E-state index contributed by atoms with van der Waals surface area (Å²) in [6.45, 7) is 7.56. The number of nitro groups is 1. The fourth-order valence-electron chi connectivity index (χ4n) is 1.62. The molecule has 2 N–H and O–H groups in total. The summed E-state index contributed by atoms with van der Waals surface area (Å²) in [5, 5.41) is 12.9. The highest BCUT2D eigenvalue weighted by atomic mass is 16.6. The molecule has 0 spiro atoms. The first-order valence-electron chi connectivity index (χ1n) is 6.25. The van der Waals surface area contributed by atoms with Gasteiger partial charge in [-0.3, -0.25) is 10.1 Å². The molecule has 18 heavy (non-hydrogen) atoms. The van der Waals surface area contributed by atoms with E-state index < -0.39 is 0 Å². The highest BCUT2D eigenvalue weighted by Gasteiger charge is 2.10. The summed E-state index contributed by atoms with van der Waals surface area (Å²) in [6.07, 6.45) is 1.14. The zero-order valence-electron chi connectivity index (χ0n) is 11.2. The van der Waals surface area contributed by atoms with Crippen molar-refractivity contribution in [2.45, 2.75) is 33.2 Å². The average Bonchev–Trinajstić information content (AvgIpc) is 2.34. The number of hydrogen-bond donors (Lipinski definition) is 1. The van der Waals surface area contributed by atoms with Crippen LogP contribution in [0.25, 0.3) is 0 Å². The molecule has 5 nitrogen and oxygen atoms in total. The maximum atomic E-state index is 10.7. The predicted octanol–water partition coefficient (Wildman–Crippen LogP) is 1.64. The number of nitro benzene ring substituents is 1. The van der Waals surface area contributed by atoms with Crippen LogP contribution in [0.15, 0.2) is 18.2 Å². The minimum Gasteiger partial charge on any atom is -0.488 e. The van der Waals surface area contributed by atoms with Crippen LogP contribution in [0, 0.1) is 17.0 Å². The van der Waals surface area contributed by atoms with Crippen molar-refractivity contribution in [3.8, 4) is 5.75 Å². The van der Waals surface area contributed by atoms with Crippen molar-refractivity contribution < 1.29 is 15.0 Å². The Morgan fingerprint density at radius 1 is 1.50 bits per heavy atom. The van der Waals surface area contributed by atoms with Crippen LogP contribution in [0.2, 0.25) is 0 Å². The Hall–Kier alpha value is -1.62. The summed E-state index contributed by atoms with van der Waals surface area (Å²) >= 11 is 0. The van der Waals surface area contributed by atoms with Crippen LogP contribution in [0.5, 0.6) is 5.75 Å². The van der Waals surface area contributed by atoms with Crippen LogP contribution in [-0.2, 0) is 0 Å². The Labute approximate surface area is 107 Å². The number of benzene rings is 1. The Morgan fingerprint density at radius 2 is 2.22 bits per heavy atom. The highest BCUT2D eigenvalue weighted by Crippen LogP contribution is 2.22. The Balaban J connectivity index is 2.44. The predicted molar refractivity (Wildman–Crippen MR) is 69.9 cm³/mol. The summed E-state index contributed by atoms with van der Waals surface area (Å²) in [4.78, 5) is 10.3. The van der Waals surface area contributed by atoms with Gasteiger partial charge in [0, 0.05) is 11.6 Å². The van der Waals surface area contributed by atoms with Gasteiger partial charge in [0.1, 0.15) is 18.9 Å². The molecule has 1 aromatic carbocycles. The van der Waals surface area contributed by atoms with Crippen LogP contribution < -0.4 is 10.1 Å². The second-order valence-electron chi connectivity index (χ2n) is 4.46. The molecule has 0 radical (unpaired) electrons. The van der Waals surface area contributed by atoms with E-state index in [1.165, 1.54) is 6.07 Å². The van der Waals surface area contributed by atoms with Gasteiger partial charge in [-0.05, 0) is 32.4 Å². The highest BCUT2D eigenvalue weighted by molar-refractivity contribution is 5.44. The number of rotatable bonds is 7. The number of nitrogens with two attached hydrogens (primary N) is 1. The molecule has 0 aliphatic rings. The van der Waals surface area contributed by atoms with Gasteiger partial charge in [-0.1, -0.05) is 6.92 Å². The number of nitrogens with zero attached hydrogens (tertiary/aromatic N) is 1. The lowest BCUT2D eigenvalue weighted by Crippen LogP contribution is -2.90. The van der Waals surface area contributed by atoms with E-state index in [1.807, 2.05) is 0 Å². The molecular weight excluding hydrogens is 232 g/mol. The second-order valence-corrected chi connectivity index (χ2v) is 4.46. The standard InChI is InChI=1S/C13H20N2O3/c1-4-11(3)14-7-8-18-12-5-6-13(15(16)17)10(2)9-12/h5-6,9,11,14H,4,7-8H2,1-3H3/p+1/t11-/m0/s1. The molecule has 0 fully saturated rings. The average molecular weight is 253 g/mol. The Bertz CT molecular complexity index is 407. The zero-order valence-corrected chi connectivity index (χ0v) is 11.2. The number of aryl methyl sites for hydroxylation is 1. The van der Waals surface area contributed by atoms with Crippen LogP contribution in [0.4, 0.5) is 5.69 Å². The van der Waals surface area contributed by atoms with E-state index in [1.54, 1.807) is 19.1 Å². The van der Waals surface area contributed by atoms with E-state index in [9.17, 15) is 10.1 Å². The fourth-order valence-corrected chi connectivity index (χ4v) is 1.62. The lowest BCUT2D eigenvalue weighted by Gasteiger charge is -2.09. The molecule has 0 amide bonds. The maximum Gasteiger partial charge on any atom is 0.272 e. The van der Waals surface area contributed by atoms with E-state index in [0.717, 1.165) is 13.0 Å². The second kappa shape index (κ2) is 6.96. The van der Waals surface area contributed by atoms with Crippen molar-refractivity contribution in [1.82, 2.24) is 0 Å². The van der Waals surface area contributed by atoms with Gasteiger partial charge < -0.3 is 10.1 Å². The SMILES string of the molecule is CC[C@H](C)[NH2+]CCOc1ccc([N+](=O)[O-])c(C)c1. The van der Waals surface area contributed by atoms with Crippen LogP contribution in [0.1, 0.15) is 25.8 Å². The molecule has 1 aromatic rings. The van der Waals surface area contributed by atoms with Gasteiger partial charge in [-0.25, -0.2) is 0 Å². The third kappa shape index (κ3) is 4.33. The quantitative estimate of drug-likeness (QED) is 0.456. The maximum absolute atomic E-state index is 10.7. The Morgan fingerprint density at radius 3 is 2.78 bits per heavy atom. The largest absolute Gasteiger partial charge is 0.488 e. The van der Waals surface area contributed by atoms with Crippen LogP contribution in [-0.4, -0.2) is 24.1 Å². The summed E-state index contributed by atoms with van der Waals surface area (Å²) in [5.41, 5.74) is 0.761. The summed E-state index contributed by atoms with van der Waals surface area (Å²) in [7, 11) is 0. The van der Waals surface area contributed by atoms with Gasteiger partial charge in [-0.15, -0.1) is 0 Å². The molecule has 100 valence electrons. The topological polar surface area (TPSA) is 69.0 Å². The molecular formula is C13H21N2O3+. The third-order valence-electron chi connectivity index (χ3n) is 2.96. The first kappa shape index (κ1) is 14.4. The molecule has 0 saturated carbocycles. The van der Waals surface area contributed by atoms with Crippen molar-refractivity contribution in [2.75, 3.05) is 13.2 Å². The molecule has 0 aliphatic heterocycles. The first-order chi connectivity index (χ1) is 8.54. The molecule has 0 heterocycles. The van der Waals surface area contributed by atoms with Gasteiger partial charge in [-0.2, -0.15) is 0 Å². The summed E-state index contributed by atoms with van der Waals surface area (Å²) in [5.74, 6) is 0.690. The normalized spacial score (nSPS) is 12.2. The van der Waals surface area contributed by atoms with Crippen molar-refractivity contribution >= 4 is 5.69 Å². The zero-order chi connectivity index (χ0) is 13.5. The van der Waals surface area contributed by atoms with Gasteiger partial charge in [0.05, 0.1) is 11.0 Å². The molecule has 1 atom stereocenters. The molecule has 5 heteroatoms. The van der Waals surface area contributed by atoms with Crippen molar-refractivity contribution in [3.63, 3.8) is 0 Å². The molecule has 0 unspecified atom stereocenters. The van der Waals surface area contributed by atoms with Gasteiger partial charge >= 0.3 is 0 Å². The Kier molecular flexibility index (Phi) is 5.58. The molecule has 0 aromatic heterocycles. The molecule has 0 saturated heterocycles. The monoisotopic (exact) mass is 253 g/mol. The van der Waals surface area contributed by atoms with E-state index in [-0.39, 0.29) is 10.6 Å². The van der Waals surface area contributed by atoms with Gasteiger partial charge in [0.2, 0.25) is 0 Å². The number of quaternary nitrogens is 1. The van der Waals surface area contributed by atoms with Gasteiger partial charge in [0.25, 0.3) is 5.69 Å². The van der Waals surface area contributed by atoms with E-state index >= 15 is 0 Å². The fraction of sp³-hybridized carbons (Fsp3) is 0.538. The molecule has 0 aliphatic carbocycles. The lowest BCUT2D eigenvalue weighted by molar-refractivity contribution is -0.686. The summed E-state index contributed by atoms with van der Waals surface area (Å²) < 4.78 is 5.56. The van der Waals surface area contributed by atoms with Crippen LogP contribution >= 0.6 is 0 Å². The van der Waals surface area contributed by atoms with Crippen molar-refractivity contribution in [2.24, 2.45) is 0 Å². The smallest absolute Gasteiger partial charge is 0.272 e. The molecule has 0 bridgehead atoms. The lowest BCUT2D eigenvalue weighted by atomic mass is 10.2. The number of hydrogen-bond acceptors (Lipinski definition) is 3. The van der Waals surface area contributed by atoms with E-state index in [4.69, 9.17) is 4.74 Å². The summed E-state index contributed by atoms with van der Waals surface area (Å²) in [6, 6.07) is 5.45. The van der Waals surface area contributed by atoms with Gasteiger partial charge in [0.15, 0.2) is 0 Å². The van der Waals surface area contributed by atoms with Crippen molar-refractivity contribution in [1.29, 1.82) is 0 Å².